The van der Waals surface area contributed by atoms with Crippen LogP contribution in [-0.4, -0.2) is 42.5 Å². The lowest BCUT2D eigenvalue weighted by Gasteiger charge is -2.12. The predicted octanol–water partition coefficient (Wildman–Crippen LogP) is 2.36. The van der Waals surface area contributed by atoms with Gasteiger partial charge < -0.3 is 19.9 Å². The van der Waals surface area contributed by atoms with Crippen LogP contribution in [0.3, 0.4) is 0 Å². The zero-order valence-electron chi connectivity index (χ0n) is 15.1. The molecule has 0 amide bonds. The van der Waals surface area contributed by atoms with Gasteiger partial charge in [-0.2, -0.15) is 18.2 Å². The molecule has 27 heavy (non-hydrogen) atoms. The second-order valence-corrected chi connectivity index (χ2v) is 5.76. The molecule has 0 bridgehead atoms. The highest BCUT2D eigenvalue weighted by atomic mass is 19.4. The Bertz CT molecular complexity index is 729. The van der Waals surface area contributed by atoms with Crippen molar-refractivity contribution >= 4 is 5.96 Å². The second-order valence-electron chi connectivity index (χ2n) is 5.76. The Balaban J connectivity index is 1.70. The Kier molecular flexibility index (Phi) is 7.59. The van der Waals surface area contributed by atoms with Gasteiger partial charge in [0.2, 0.25) is 5.89 Å². The summed E-state index contributed by atoms with van der Waals surface area (Å²) in [6.45, 7) is 1.53. The first-order chi connectivity index (χ1) is 12.9. The predicted molar refractivity (Wildman–Crippen MR) is 93.1 cm³/mol. The summed E-state index contributed by atoms with van der Waals surface area (Å²) >= 11 is 0. The summed E-state index contributed by atoms with van der Waals surface area (Å²) in [7, 11) is 1.66. The normalized spacial score (nSPS) is 12.3. The van der Waals surface area contributed by atoms with E-state index in [4.69, 9.17) is 4.52 Å². The van der Waals surface area contributed by atoms with Gasteiger partial charge in [-0.25, -0.2) is 0 Å². The number of nitrogens with zero attached hydrogens (tertiary/aromatic N) is 3. The number of rotatable bonds is 8. The van der Waals surface area contributed by atoms with Crippen molar-refractivity contribution in [3.05, 3.63) is 47.1 Å². The third-order valence-electron chi connectivity index (χ3n) is 3.44. The topological polar surface area (TPSA) is 84.6 Å². The van der Waals surface area contributed by atoms with E-state index in [0.717, 1.165) is 5.56 Å². The van der Waals surface area contributed by atoms with Crippen molar-refractivity contribution in [3.8, 4) is 0 Å². The minimum Gasteiger partial charge on any atom is -0.367 e. The van der Waals surface area contributed by atoms with Crippen molar-refractivity contribution in [1.82, 2.24) is 20.8 Å². The van der Waals surface area contributed by atoms with Gasteiger partial charge in [0, 0.05) is 26.6 Å². The lowest BCUT2D eigenvalue weighted by Crippen LogP contribution is -2.37. The van der Waals surface area contributed by atoms with Gasteiger partial charge in [0.05, 0.1) is 6.61 Å². The summed E-state index contributed by atoms with van der Waals surface area (Å²) < 4.78 is 45.8. The molecule has 2 rings (SSSR count). The van der Waals surface area contributed by atoms with Crippen LogP contribution in [0.5, 0.6) is 0 Å². The van der Waals surface area contributed by atoms with Crippen LogP contribution in [0.1, 0.15) is 22.8 Å². The van der Waals surface area contributed by atoms with Crippen LogP contribution in [0.2, 0.25) is 0 Å². The average Bonchev–Trinajstić information content (AvgIpc) is 3.03. The molecule has 7 nitrogen and oxygen atoms in total. The van der Waals surface area contributed by atoms with Crippen LogP contribution in [0.15, 0.2) is 33.8 Å². The number of nitrogens with one attached hydrogen (secondary N) is 2. The molecule has 0 saturated carbocycles. The van der Waals surface area contributed by atoms with E-state index in [0.29, 0.717) is 42.7 Å². The first-order valence-corrected chi connectivity index (χ1v) is 8.32. The molecule has 0 fully saturated rings. The number of hydrogen-bond donors (Lipinski definition) is 2. The third kappa shape index (κ3) is 8.07. The molecule has 1 aromatic carbocycles. The highest BCUT2D eigenvalue weighted by molar-refractivity contribution is 5.79. The maximum absolute atomic E-state index is 12.1. The van der Waals surface area contributed by atoms with E-state index in [1.807, 2.05) is 12.1 Å². The number of alkyl halides is 3. The molecule has 0 unspecified atom stereocenters. The summed E-state index contributed by atoms with van der Waals surface area (Å²) in [6, 6.07) is 7.13. The van der Waals surface area contributed by atoms with Gasteiger partial charge in [-0.05, 0) is 18.1 Å². The molecular formula is C17H22F3N5O2. The molecule has 0 saturated heterocycles. The molecule has 0 spiro atoms. The van der Waals surface area contributed by atoms with Crippen LogP contribution in [0.4, 0.5) is 13.2 Å². The van der Waals surface area contributed by atoms with Crippen molar-refractivity contribution in [2.75, 3.05) is 20.2 Å². The summed E-state index contributed by atoms with van der Waals surface area (Å²) in [5.74, 6) is 1.77. The molecule has 2 aromatic rings. The van der Waals surface area contributed by atoms with E-state index in [-0.39, 0.29) is 6.61 Å². The Labute approximate surface area is 155 Å². The lowest BCUT2D eigenvalue weighted by molar-refractivity contribution is -0.176. The highest BCUT2D eigenvalue weighted by Crippen LogP contribution is 2.15. The number of ether oxygens (including phenoxy) is 1. The van der Waals surface area contributed by atoms with Crippen LogP contribution in [0.25, 0.3) is 0 Å². The van der Waals surface area contributed by atoms with Crippen molar-refractivity contribution in [2.45, 2.75) is 32.7 Å². The Morgan fingerprint density at radius 2 is 1.89 bits per heavy atom. The van der Waals surface area contributed by atoms with Gasteiger partial charge in [-0.3, -0.25) is 4.99 Å². The maximum Gasteiger partial charge on any atom is 0.411 e. The van der Waals surface area contributed by atoms with E-state index >= 15 is 0 Å². The van der Waals surface area contributed by atoms with E-state index in [2.05, 4.69) is 30.5 Å². The zero-order chi connectivity index (χ0) is 19.7. The fourth-order valence-corrected chi connectivity index (χ4v) is 2.17. The van der Waals surface area contributed by atoms with Crippen LogP contribution in [0, 0.1) is 6.92 Å². The fraction of sp³-hybridized carbons (Fsp3) is 0.471. The monoisotopic (exact) mass is 385 g/mol. The first kappa shape index (κ1) is 20.7. The molecule has 10 heteroatoms. The largest absolute Gasteiger partial charge is 0.411 e. The SMILES string of the molecule is CN=C(NCCc1nc(C)no1)NCc1ccc(COCC(F)(F)F)cc1. The van der Waals surface area contributed by atoms with Crippen molar-refractivity contribution in [2.24, 2.45) is 4.99 Å². The first-order valence-electron chi connectivity index (χ1n) is 8.32. The number of benzene rings is 1. The fourth-order valence-electron chi connectivity index (χ4n) is 2.17. The summed E-state index contributed by atoms with van der Waals surface area (Å²) in [5, 5.41) is 10.0. The Morgan fingerprint density at radius 3 is 2.48 bits per heavy atom. The van der Waals surface area contributed by atoms with Gasteiger partial charge >= 0.3 is 6.18 Å². The second kappa shape index (κ2) is 9.91. The molecule has 1 aromatic heterocycles. The van der Waals surface area contributed by atoms with Gasteiger partial charge in [-0.1, -0.05) is 29.4 Å². The molecule has 0 atom stereocenters. The van der Waals surface area contributed by atoms with Crippen LogP contribution >= 0.6 is 0 Å². The molecule has 148 valence electrons. The number of halogens is 3. The molecule has 0 aliphatic heterocycles. The van der Waals surface area contributed by atoms with Crippen molar-refractivity contribution < 1.29 is 22.4 Å². The number of hydrogen-bond acceptors (Lipinski definition) is 5. The van der Waals surface area contributed by atoms with Gasteiger partial charge in [0.15, 0.2) is 11.8 Å². The standard InChI is InChI=1S/C17H22F3N5O2/c1-12-24-15(27-25-12)7-8-22-16(21-2)23-9-13-3-5-14(6-4-13)10-26-11-17(18,19)20/h3-6H,7-11H2,1-2H3,(H2,21,22,23). The Morgan fingerprint density at radius 1 is 1.19 bits per heavy atom. The molecule has 2 N–H and O–H groups in total. The smallest absolute Gasteiger partial charge is 0.367 e. The summed E-state index contributed by atoms with van der Waals surface area (Å²) in [5.41, 5.74) is 1.64. The summed E-state index contributed by atoms with van der Waals surface area (Å²) in [6.07, 6.45) is -3.73. The van der Waals surface area contributed by atoms with Crippen LogP contribution < -0.4 is 10.6 Å². The van der Waals surface area contributed by atoms with Gasteiger partial charge in [0.25, 0.3) is 0 Å². The average molecular weight is 385 g/mol. The number of aromatic nitrogens is 2. The molecule has 0 aliphatic rings. The molecule has 0 aliphatic carbocycles. The number of aryl methyl sites for hydroxylation is 1. The van der Waals surface area contributed by atoms with Gasteiger partial charge in [0.1, 0.15) is 6.61 Å². The minimum atomic E-state index is -4.31. The number of aliphatic imine (C=N–C) groups is 1. The quantitative estimate of drug-likeness (QED) is 0.536. The maximum atomic E-state index is 12.1. The molecule has 0 radical (unpaired) electrons. The molecule has 1 heterocycles. The van der Waals surface area contributed by atoms with E-state index < -0.39 is 12.8 Å². The number of guanidine groups is 1. The van der Waals surface area contributed by atoms with Crippen LogP contribution in [-0.2, 0) is 24.3 Å². The summed E-state index contributed by atoms with van der Waals surface area (Å²) in [4.78, 5) is 8.24. The van der Waals surface area contributed by atoms with Gasteiger partial charge in [-0.15, -0.1) is 0 Å². The zero-order valence-corrected chi connectivity index (χ0v) is 15.1. The minimum absolute atomic E-state index is 0.0778. The van der Waals surface area contributed by atoms with Crippen molar-refractivity contribution in [3.63, 3.8) is 0 Å². The van der Waals surface area contributed by atoms with E-state index in [9.17, 15) is 13.2 Å². The van der Waals surface area contributed by atoms with E-state index in [1.165, 1.54) is 0 Å². The molecular weight excluding hydrogens is 363 g/mol. The highest BCUT2D eigenvalue weighted by Gasteiger charge is 2.27. The van der Waals surface area contributed by atoms with Crippen molar-refractivity contribution in [1.29, 1.82) is 0 Å². The van der Waals surface area contributed by atoms with E-state index in [1.54, 1.807) is 26.1 Å². The lowest BCUT2D eigenvalue weighted by atomic mass is 10.1. The third-order valence-corrected chi connectivity index (χ3v) is 3.44. The Hall–Kier alpha value is -2.62.